The molecule has 0 saturated carbocycles. The van der Waals surface area contributed by atoms with Crippen LogP contribution in [0, 0.1) is 0 Å². The van der Waals surface area contributed by atoms with Gasteiger partial charge in [-0.3, -0.25) is 0 Å². The molecule has 0 fully saturated rings. The Morgan fingerprint density at radius 2 is 1.04 bits per heavy atom. The molecule has 0 atom stereocenters. The molecule has 0 spiro atoms. The SMILES string of the molecule is c1ccc(-n2c3ccc([Si]4(c5ccccc5)c5ccccc5-c5ccccc54)cc3c3c4c(ccc32)-c2ccccc2C4)cc1. The van der Waals surface area contributed by atoms with Crippen molar-refractivity contribution < 1.29 is 0 Å². The number of nitrogens with zero attached hydrogens (tertiary/aromatic N) is 1. The molecule has 0 unspecified atom stereocenters. The van der Waals surface area contributed by atoms with Gasteiger partial charge in [-0.1, -0.05) is 140 Å². The predicted molar refractivity (Wildman–Crippen MR) is 192 cm³/mol. The largest absolute Gasteiger partial charge is 0.309 e. The third-order valence-corrected chi connectivity index (χ3v) is 15.2. The molecule has 1 aliphatic heterocycles. The van der Waals surface area contributed by atoms with Gasteiger partial charge in [0, 0.05) is 16.5 Å². The van der Waals surface area contributed by atoms with Crippen LogP contribution in [-0.2, 0) is 6.42 Å². The third kappa shape index (κ3) is 3.27. The maximum Gasteiger partial charge on any atom is 0.180 e. The lowest BCUT2D eigenvalue weighted by molar-refractivity contribution is 1.18. The summed E-state index contributed by atoms with van der Waals surface area (Å²) >= 11 is 0. The topological polar surface area (TPSA) is 4.93 Å². The van der Waals surface area contributed by atoms with Crippen molar-refractivity contribution in [1.29, 1.82) is 0 Å². The Labute approximate surface area is 263 Å². The standard InChI is InChI=1S/C43H29NSi/c1-3-14-30(15-4-1)44-39-25-23-32(28-38(39)43-37-27-29-13-7-8-18-33(29)34(37)24-26-40(43)44)45(31-16-5-2-6-17-31)41-21-11-9-19-35(41)36-20-10-12-22-42(36)45/h1-26,28H,27H2. The molecule has 2 heteroatoms. The zero-order chi connectivity index (χ0) is 29.5. The summed E-state index contributed by atoms with van der Waals surface area (Å²) in [6.07, 6.45) is 0.966. The van der Waals surface area contributed by atoms with E-state index >= 15 is 0 Å². The molecule has 45 heavy (non-hydrogen) atoms. The van der Waals surface area contributed by atoms with Gasteiger partial charge in [0.25, 0.3) is 0 Å². The Morgan fingerprint density at radius 1 is 0.444 bits per heavy atom. The fourth-order valence-electron chi connectivity index (χ4n) is 8.55. The van der Waals surface area contributed by atoms with Gasteiger partial charge >= 0.3 is 0 Å². The minimum Gasteiger partial charge on any atom is -0.309 e. The van der Waals surface area contributed by atoms with E-state index in [2.05, 4.69) is 168 Å². The lowest BCUT2D eigenvalue weighted by Crippen LogP contribution is -2.72. The van der Waals surface area contributed by atoms with E-state index in [1.165, 1.54) is 81.6 Å². The number of benzene rings is 7. The zero-order valence-corrected chi connectivity index (χ0v) is 25.7. The second-order valence-corrected chi connectivity index (χ2v) is 16.2. The summed E-state index contributed by atoms with van der Waals surface area (Å²) in [5.41, 5.74) is 12.1. The molecule has 0 saturated heterocycles. The van der Waals surface area contributed by atoms with Gasteiger partial charge in [0.15, 0.2) is 8.07 Å². The molecule has 1 aromatic heterocycles. The molecule has 0 amide bonds. The second-order valence-electron chi connectivity index (χ2n) is 12.4. The fraction of sp³-hybridized carbons (Fsp3) is 0.0233. The number of para-hydroxylation sites is 1. The summed E-state index contributed by atoms with van der Waals surface area (Å²) < 4.78 is 2.48. The Balaban J connectivity index is 1.35. The Morgan fingerprint density at radius 3 is 1.78 bits per heavy atom. The van der Waals surface area contributed by atoms with E-state index in [0.717, 1.165) is 6.42 Å². The first-order chi connectivity index (χ1) is 22.3. The monoisotopic (exact) mass is 587 g/mol. The molecule has 0 radical (unpaired) electrons. The summed E-state index contributed by atoms with van der Waals surface area (Å²) in [5.74, 6) is 0. The highest BCUT2D eigenvalue weighted by molar-refractivity contribution is 7.22. The third-order valence-electron chi connectivity index (χ3n) is 10.3. The number of rotatable bonds is 3. The van der Waals surface area contributed by atoms with Gasteiger partial charge < -0.3 is 4.57 Å². The van der Waals surface area contributed by atoms with E-state index < -0.39 is 8.07 Å². The Kier molecular flexibility index (Phi) is 5.14. The first-order valence-corrected chi connectivity index (χ1v) is 17.8. The van der Waals surface area contributed by atoms with E-state index in [9.17, 15) is 0 Å². The number of hydrogen-bond acceptors (Lipinski definition) is 0. The van der Waals surface area contributed by atoms with Crippen molar-refractivity contribution in [2.75, 3.05) is 0 Å². The molecule has 210 valence electrons. The Hall–Kier alpha value is -5.44. The van der Waals surface area contributed by atoms with Gasteiger partial charge in [-0.25, -0.2) is 0 Å². The summed E-state index contributed by atoms with van der Waals surface area (Å²) in [6, 6.07) is 61.6. The lowest BCUT2D eigenvalue weighted by Gasteiger charge is -2.31. The molecular formula is C43H29NSi. The first kappa shape index (κ1) is 24.9. The van der Waals surface area contributed by atoms with Crippen molar-refractivity contribution >= 4 is 50.6 Å². The van der Waals surface area contributed by atoms with Crippen LogP contribution in [0.2, 0.25) is 0 Å². The van der Waals surface area contributed by atoms with Crippen molar-refractivity contribution in [2.45, 2.75) is 6.42 Å². The van der Waals surface area contributed by atoms with Crippen LogP contribution in [0.4, 0.5) is 0 Å². The van der Waals surface area contributed by atoms with Crippen LogP contribution in [0.5, 0.6) is 0 Å². The summed E-state index contributed by atoms with van der Waals surface area (Å²) in [4.78, 5) is 0. The molecule has 10 rings (SSSR count). The number of aromatic nitrogens is 1. The van der Waals surface area contributed by atoms with E-state index in [1.807, 2.05) is 0 Å². The van der Waals surface area contributed by atoms with Crippen LogP contribution in [0.15, 0.2) is 164 Å². The predicted octanol–water partition coefficient (Wildman–Crippen LogP) is 7.71. The highest BCUT2D eigenvalue weighted by Gasteiger charge is 2.48. The van der Waals surface area contributed by atoms with Crippen LogP contribution in [-0.4, -0.2) is 12.6 Å². The quantitative estimate of drug-likeness (QED) is 0.187. The minimum atomic E-state index is -2.60. The highest BCUT2D eigenvalue weighted by Crippen LogP contribution is 2.44. The molecular weight excluding hydrogens is 559 g/mol. The van der Waals surface area contributed by atoms with Gasteiger partial charge in [0.1, 0.15) is 0 Å². The van der Waals surface area contributed by atoms with Crippen LogP contribution >= 0.6 is 0 Å². The highest BCUT2D eigenvalue weighted by atomic mass is 28.3. The molecule has 1 nitrogen and oxygen atoms in total. The summed E-state index contributed by atoms with van der Waals surface area (Å²) in [6.45, 7) is 0. The molecule has 2 aliphatic rings. The lowest BCUT2D eigenvalue weighted by atomic mass is 10.0. The average molecular weight is 588 g/mol. The number of hydrogen-bond donors (Lipinski definition) is 0. The zero-order valence-electron chi connectivity index (χ0n) is 24.7. The van der Waals surface area contributed by atoms with Gasteiger partial charge in [-0.15, -0.1) is 0 Å². The van der Waals surface area contributed by atoms with E-state index in [0.29, 0.717) is 0 Å². The van der Waals surface area contributed by atoms with Crippen molar-refractivity contribution in [2.24, 2.45) is 0 Å². The molecule has 7 aromatic carbocycles. The van der Waals surface area contributed by atoms with Crippen molar-refractivity contribution in [3.05, 3.63) is 175 Å². The van der Waals surface area contributed by atoms with Crippen LogP contribution in [0.3, 0.4) is 0 Å². The first-order valence-electron chi connectivity index (χ1n) is 15.8. The van der Waals surface area contributed by atoms with Gasteiger partial charge in [-0.2, -0.15) is 0 Å². The minimum absolute atomic E-state index is 0.966. The van der Waals surface area contributed by atoms with Crippen molar-refractivity contribution in [3.63, 3.8) is 0 Å². The smallest absolute Gasteiger partial charge is 0.180 e. The normalized spacial score (nSPS) is 13.9. The second kappa shape index (κ2) is 9.28. The molecule has 8 aromatic rings. The average Bonchev–Trinajstić information content (AvgIpc) is 3.75. The van der Waals surface area contributed by atoms with E-state index in [4.69, 9.17) is 0 Å². The van der Waals surface area contributed by atoms with E-state index in [1.54, 1.807) is 0 Å². The molecule has 1 aliphatic carbocycles. The maximum absolute atomic E-state index is 2.60. The summed E-state index contributed by atoms with van der Waals surface area (Å²) in [7, 11) is -2.60. The fourth-order valence-corrected chi connectivity index (χ4v) is 13.7. The molecule has 2 heterocycles. The van der Waals surface area contributed by atoms with Gasteiger partial charge in [-0.05, 0) is 84.8 Å². The summed E-state index contributed by atoms with van der Waals surface area (Å²) in [5, 5.41) is 8.59. The molecule has 0 N–H and O–H groups in total. The van der Waals surface area contributed by atoms with Gasteiger partial charge in [0.2, 0.25) is 0 Å². The number of fused-ring (bicyclic) bond motifs is 10. The maximum atomic E-state index is 2.58. The van der Waals surface area contributed by atoms with Crippen LogP contribution in [0.1, 0.15) is 11.1 Å². The van der Waals surface area contributed by atoms with Crippen LogP contribution < -0.4 is 20.7 Å². The van der Waals surface area contributed by atoms with E-state index in [-0.39, 0.29) is 0 Å². The van der Waals surface area contributed by atoms with Crippen molar-refractivity contribution in [1.82, 2.24) is 4.57 Å². The Bertz CT molecular complexity index is 2410. The molecule has 0 bridgehead atoms. The van der Waals surface area contributed by atoms with Gasteiger partial charge in [0.05, 0.1) is 11.0 Å². The van der Waals surface area contributed by atoms with Crippen molar-refractivity contribution in [3.8, 4) is 27.9 Å². The van der Waals surface area contributed by atoms with Crippen LogP contribution in [0.25, 0.3) is 49.7 Å².